The van der Waals surface area contributed by atoms with Crippen molar-refractivity contribution in [3.8, 4) is 0 Å². The van der Waals surface area contributed by atoms with Crippen LogP contribution in [0, 0.1) is 6.92 Å². The first kappa shape index (κ1) is 15.5. The molecular formula is C18H30N2. The molecule has 2 unspecified atom stereocenters. The Morgan fingerprint density at radius 3 is 2.80 bits per heavy atom. The zero-order chi connectivity index (χ0) is 14.6. The summed E-state index contributed by atoms with van der Waals surface area (Å²) in [5.74, 6) is 0. The predicted octanol–water partition coefficient (Wildman–Crippen LogP) is 3.74. The van der Waals surface area contributed by atoms with Crippen LogP contribution in [0.3, 0.4) is 0 Å². The van der Waals surface area contributed by atoms with Crippen molar-refractivity contribution in [2.75, 3.05) is 13.1 Å². The Bertz CT molecular complexity index is 429. The molecule has 0 radical (unpaired) electrons. The van der Waals surface area contributed by atoms with Crippen LogP contribution in [0.2, 0.25) is 0 Å². The average molecular weight is 274 g/mol. The molecule has 1 aromatic carbocycles. The summed E-state index contributed by atoms with van der Waals surface area (Å²) in [6, 6.07) is 9.64. The lowest BCUT2D eigenvalue weighted by Crippen LogP contribution is -2.62. The van der Waals surface area contributed by atoms with Crippen molar-refractivity contribution in [3.63, 3.8) is 0 Å². The van der Waals surface area contributed by atoms with Crippen LogP contribution in [0.5, 0.6) is 0 Å². The maximum atomic E-state index is 3.77. The third kappa shape index (κ3) is 3.83. The van der Waals surface area contributed by atoms with E-state index in [-0.39, 0.29) is 5.54 Å². The molecule has 2 heteroatoms. The quantitative estimate of drug-likeness (QED) is 0.880. The second kappa shape index (κ2) is 6.73. The molecule has 2 nitrogen and oxygen atoms in total. The summed E-state index contributed by atoms with van der Waals surface area (Å²) >= 11 is 0. The van der Waals surface area contributed by atoms with E-state index in [0.29, 0.717) is 6.04 Å². The molecule has 20 heavy (non-hydrogen) atoms. The van der Waals surface area contributed by atoms with Crippen LogP contribution in [0.4, 0.5) is 0 Å². The van der Waals surface area contributed by atoms with Crippen LogP contribution < -0.4 is 5.32 Å². The third-order valence-corrected chi connectivity index (χ3v) is 4.70. The summed E-state index contributed by atoms with van der Waals surface area (Å²) in [6.45, 7) is 12.5. The molecular weight excluding hydrogens is 244 g/mol. The molecule has 1 aliphatic heterocycles. The van der Waals surface area contributed by atoms with Gasteiger partial charge in [0.05, 0.1) is 0 Å². The van der Waals surface area contributed by atoms with Gasteiger partial charge in [-0.1, -0.05) is 50.1 Å². The molecule has 112 valence electrons. The van der Waals surface area contributed by atoms with Crippen molar-refractivity contribution in [2.24, 2.45) is 0 Å². The van der Waals surface area contributed by atoms with Crippen LogP contribution in [0.1, 0.15) is 51.2 Å². The first-order chi connectivity index (χ1) is 9.56. The van der Waals surface area contributed by atoms with Crippen molar-refractivity contribution in [1.82, 2.24) is 10.2 Å². The lowest BCUT2D eigenvalue weighted by atomic mass is 9.92. The Morgan fingerprint density at radius 1 is 1.35 bits per heavy atom. The zero-order valence-electron chi connectivity index (χ0n) is 13.6. The third-order valence-electron chi connectivity index (χ3n) is 4.70. The molecule has 1 heterocycles. The topological polar surface area (TPSA) is 15.3 Å². The highest BCUT2D eigenvalue weighted by Gasteiger charge is 2.33. The van der Waals surface area contributed by atoms with Gasteiger partial charge in [-0.25, -0.2) is 0 Å². The molecule has 1 aromatic rings. The van der Waals surface area contributed by atoms with Crippen molar-refractivity contribution < 1.29 is 0 Å². The van der Waals surface area contributed by atoms with Gasteiger partial charge in [0.2, 0.25) is 0 Å². The van der Waals surface area contributed by atoms with Crippen molar-refractivity contribution in [3.05, 3.63) is 35.4 Å². The van der Waals surface area contributed by atoms with Gasteiger partial charge in [-0.05, 0) is 32.3 Å². The van der Waals surface area contributed by atoms with Gasteiger partial charge in [-0.3, -0.25) is 4.90 Å². The highest BCUT2D eigenvalue weighted by molar-refractivity contribution is 5.22. The second-order valence-corrected chi connectivity index (χ2v) is 6.63. The van der Waals surface area contributed by atoms with E-state index in [2.05, 4.69) is 62.2 Å². The number of piperazine rings is 1. The first-order valence-corrected chi connectivity index (χ1v) is 8.11. The van der Waals surface area contributed by atoms with E-state index in [4.69, 9.17) is 0 Å². The second-order valence-electron chi connectivity index (χ2n) is 6.63. The van der Waals surface area contributed by atoms with Crippen molar-refractivity contribution in [2.45, 2.75) is 65.1 Å². The monoisotopic (exact) mass is 274 g/mol. The molecule has 0 spiro atoms. The number of aryl methyl sites for hydroxylation is 1. The van der Waals surface area contributed by atoms with Gasteiger partial charge in [-0.2, -0.15) is 0 Å². The van der Waals surface area contributed by atoms with Gasteiger partial charge in [-0.15, -0.1) is 0 Å². The Balaban J connectivity index is 2.10. The highest BCUT2D eigenvalue weighted by atomic mass is 15.2. The smallest absolute Gasteiger partial charge is 0.0278 e. The number of hydrogen-bond donors (Lipinski definition) is 1. The Kier molecular flexibility index (Phi) is 5.22. The highest BCUT2D eigenvalue weighted by Crippen LogP contribution is 2.23. The SMILES string of the molecule is CCCC1CNC(C)(CC)CN1Cc1cccc(C)c1. The number of nitrogens with one attached hydrogen (secondary N) is 1. The van der Waals surface area contributed by atoms with Crippen LogP contribution in [-0.2, 0) is 6.54 Å². The normalized spacial score (nSPS) is 27.7. The minimum Gasteiger partial charge on any atom is -0.309 e. The van der Waals surface area contributed by atoms with E-state index in [1.165, 1.54) is 30.4 Å². The van der Waals surface area contributed by atoms with Gasteiger partial charge in [0.15, 0.2) is 0 Å². The molecule has 1 aliphatic rings. The molecule has 0 saturated carbocycles. The van der Waals surface area contributed by atoms with E-state index in [0.717, 1.165) is 19.6 Å². The Labute approximate surface area is 124 Å². The van der Waals surface area contributed by atoms with E-state index in [1.54, 1.807) is 0 Å². The fourth-order valence-corrected chi connectivity index (χ4v) is 3.21. The van der Waals surface area contributed by atoms with E-state index in [1.807, 2.05) is 0 Å². The van der Waals surface area contributed by atoms with Crippen LogP contribution in [0.15, 0.2) is 24.3 Å². The summed E-state index contributed by atoms with van der Waals surface area (Å²) in [6.07, 6.45) is 3.74. The molecule has 0 aliphatic carbocycles. The summed E-state index contributed by atoms with van der Waals surface area (Å²) in [4.78, 5) is 2.69. The van der Waals surface area contributed by atoms with E-state index in [9.17, 15) is 0 Å². The largest absolute Gasteiger partial charge is 0.309 e. The Hall–Kier alpha value is -0.860. The lowest BCUT2D eigenvalue weighted by Gasteiger charge is -2.46. The molecule has 0 aromatic heterocycles. The fourth-order valence-electron chi connectivity index (χ4n) is 3.21. The maximum Gasteiger partial charge on any atom is 0.0278 e. The average Bonchev–Trinajstić information content (AvgIpc) is 2.42. The van der Waals surface area contributed by atoms with Crippen LogP contribution >= 0.6 is 0 Å². The number of benzene rings is 1. The number of nitrogens with zero attached hydrogens (tertiary/aromatic N) is 1. The lowest BCUT2D eigenvalue weighted by molar-refractivity contribution is 0.0725. The van der Waals surface area contributed by atoms with Gasteiger partial charge in [0.25, 0.3) is 0 Å². The number of rotatable bonds is 5. The molecule has 2 atom stereocenters. The molecule has 2 rings (SSSR count). The van der Waals surface area contributed by atoms with Crippen molar-refractivity contribution in [1.29, 1.82) is 0 Å². The summed E-state index contributed by atoms with van der Waals surface area (Å²) in [5.41, 5.74) is 3.09. The standard InChI is InChI=1S/C18H30N2/c1-5-8-17-12-19-18(4,6-2)14-20(17)13-16-10-7-9-15(3)11-16/h7,9-11,17,19H,5-6,8,12-14H2,1-4H3. The van der Waals surface area contributed by atoms with Crippen molar-refractivity contribution >= 4 is 0 Å². The molecule has 0 bridgehead atoms. The molecule has 1 saturated heterocycles. The minimum atomic E-state index is 0.272. The van der Waals surface area contributed by atoms with Gasteiger partial charge < -0.3 is 5.32 Å². The molecule has 0 amide bonds. The van der Waals surface area contributed by atoms with Gasteiger partial charge in [0, 0.05) is 31.2 Å². The maximum absolute atomic E-state index is 3.77. The first-order valence-electron chi connectivity index (χ1n) is 8.11. The molecule has 1 N–H and O–H groups in total. The summed E-state index contributed by atoms with van der Waals surface area (Å²) in [7, 11) is 0. The molecule has 1 fully saturated rings. The van der Waals surface area contributed by atoms with Crippen LogP contribution in [-0.4, -0.2) is 29.6 Å². The zero-order valence-corrected chi connectivity index (χ0v) is 13.6. The number of hydrogen-bond acceptors (Lipinski definition) is 2. The summed E-state index contributed by atoms with van der Waals surface area (Å²) < 4.78 is 0. The fraction of sp³-hybridized carbons (Fsp3) is 0.667. The van der Waals surface area contributed by atoms with Gasteiger partial charge in [0.1, 0.15) is 0 Å². The van der Waals surface area contributed by atoms with Crippen LogP contribution in [0.25, 0.3) is 0 Å². The minimum absolute atomic E-state index is 0.272. The summed E-state index contributed by atoms with van der Waals surface area (Å²) in [5, 5.41) is 3.77. The van der Waals surface area contributed by atoms with Gasteiger partial charge >= 0.3 is 0 Å². The Morgan fingerprint density at radius 2 is 2.15 bits per heavy atom. The predicted molar refractivity (Wildman–Crippen MR) is 87.0 cm³/mol. The van der Waals surface area contributed by atoms with E-state index >= 15 is 0 Å². The van der Waals surface area contributed by atoms with E-state index < -0.39 is 0 Å².